The first kappa shape index (κ1) is 13.5. The molecule has 1 heterocycles. The Morgan fingerprint density at radius 2 is 2.22 bits per heavy atom. The van der Waals surface area contributed by atoms with Crippen LogP contribution in [0.1, 0.15) is 51.1 Å². The lowest BCUT2D eigenvalue weighted by Crippen LogP contribution is -2.24. The third-order valence-corrected chi connectivity index (χ3v) is 3.82. The van der Waals surface area contributed by atoms with Crippen molar-refractivity contribution in [2.45, 2.75) is 45.6 Å². The van der Waals surface area contributed by atoms with E-state index in [1.807, 2.05) is 6.07 Å². The van der Waals surface area contributed by atoms with E-state index in [1.165, 1.54) is 38.3 Å². The van der Waals surface area contributed by atoms with Crippen LogP contribution in [0.3, 0.4) is 0 Å². The Morgan fingerprint density at radius 3 is 2.94 bits per heavy atom. The van der Waals surface area contributed by atoms with Crippen molar-refractivity contribution >= 4 is 0 Å². The maximum absolute atomic E-state index is 13.3. The molecule has 18 heavy (non-hydrogen) atoms. The van der Waals surface area contributed by atoms with Crippen LogP contribution in [0.4, 0.5) is 4.39 Å². The molecular formula is C16H24FN. The van der Waals surface area contributed by atoms with Gasteiger partial charge in [0.15, 0.2) is 0 Å². The van der Waals surface area contributed by atoms with Crippen LogP contribution in [-0.4, -0.2) is 18.0 Å². The number of hydrogen-bond donors (Lipinski definition) is 0. The van der Waals surface area contributed by atoms with Gasteiger partial charge in [-0.05, 0) is 62.4 Å². The topological polar surface area (TPSA) is 3.24 Å². The second kappa shape index (κ2) is 6.33. The SMILES string of the molecule is CC(C)CCCN1CCCC1c1cccc(F)c1. The number of benzene rings is 1. The van der Waals surface area contributed by atoms with Crippen LogP contribution in [0.2, 0.25) is 0 Å². The lowest BCUT2D eigenvalue weighted by atomic mass is 10.0. The fourth-order valence-corrected chi connectivity index (χ4v) is 2.89. The van der Waals surface area contributed by atoms with Gasteiger partial charge in [0.05, 0.1) is 0 Å². The van der Waals surface area contributed by atoms with Crippen LogP contribution in [0.25, 0.3) is 0 Å². The van der Waals surface area contributed by atoms with Gasteiger partial charge in [-0.15, -0.1) is 0 Å². The van der Waals surface area contributed by atoms with E-state index in [0.29, 0.717) is 6.04 Å². The summed E-state index contributed by atoms with van der Waals surface area (Å²) in [7, 11) is 0. The highest BCUT2D eigenvalue weighted by Gasteiger charge is 2.25. The summed E-state index contributed by atoms with van der Waals surface area (Å²) in [5.41, 5.74) is 1.15. The van der Waals surface area contributed by atoms with Crippen LogP contribution in [0.15, 0.2) is 24.3 Å². The second-order valence-corrected chi connectivity index (χ2v) is 5.79. The fourth-order valence-electron chi connectivity index (χ4n) is 2.89. The normalized spacial score (nSPS) is 20.8. The predicted molar refractivity (Wildman–Crippen MR) is 74.0 cm³/mol. The first-order valence-electron chi connectivity index (χ1n) is 7.16. The minimum absolute atomic E-state index is 0.110. The Kier molecular flexibility index (Phi) is 4.76. The summed E-state index contributed by atoms with van der Waals surface area (Å²) in [4.78, 5) is 2.52. The van der Waals surface area contributed by atoms with Gasteiger partial charge in [0.2, 0.25) is 0 Å². The van der Waals surface area contributed by atoms with Crippen molar-refractivity contribution < 1.29 is 4.39 Å². The van der Waals surface area contributed by atoms with Gasteiger partial charge in [0.1, 0.15) is 5.82 Å². The van der Waals surface area contributed by atoms with E-state index in [2.05, 4.69) is 24.8 Å². The molecule has 0 aromatic heterocycles. The number of likely N-dealkylation sites (tertiary alicyclic amines) is 1. The minimum Gasteiger partial charge on any atom is -0.296 e. The van der Waals surface area contributed by atoms with Gasteiger partial charge in [-0.2, -0.15) is 0 Å². The number of nitrogens with zero attached hydrogens (tertiary/aromatic N) is 1. The Hall–Kier alpha value is -0.890. The molecular weight excluding hydrogens is 225 g/mol. The van der Waals surface area contributed by atoms with E-state index in [4.69, 9.17) is 0 Å². The molecule has 1 fully saturated rings. The molecule has 0 bridgehead atoms. The summed E-state index contributed by atoms with van der Waals surface area (Å²) in [6, 6.07) is 7.56. The summed E-state index contributed by atoms with van der Waals surface area (Å²) in [6.07, 6.45) is 4.95. The summed E-state index contributed by atoms with van der Waals surface area (Å²) in [5.74, 6) is 0.668. The molecule has 1 aliphatic rings. The minimum atomic E-state index is -0.110. The molecule has 100 valence electrons. The maximum atomic E-state index is 13.3. The lowest BCUT2D eigenvalue weighted by Gasteiger charge is -2.25. The highest BCUT2D eigenvalue weighted by atomic mass is 19.1. The van der Waals surface area contributed by atoms with E-state index in [0.717, 1.165) is 18.0 Å². The summed E-state index contributed by atoms with van der Waals surface area (Å²) < 4.78 is 13.3. The average molecular weight is 249 g/mol. The quantitative estimate of drug-likeness (QED) is 0.747. The van der Waals surface area contributed by atoms with Gasteiger partial charge in [0.25, 0.3) is 0 Å². The Morgan fingerprint density at radius 1 is 1.39 bits per heavy atom. The third kappa shape index (κ3) is 3.55. The van der Waals surface area contributed by atoms with Gasteiger partial charge in [-0.1, -0.05) is 26.0 Å². The molecule has 2 rings (SSSR count). The molecule has 0 saturated carbocycles. The van der Waals surface area contributed by atoms with Crippen molar-refractivity contribution in [3.8, 4) is 0 Å². The van der Waals surface area contributed by atoms with E-state index < -0.39 is 0 Å². The largest absolute Gasteiger partial charge is 0.296 e. The number of hydrogen-bond acceptors (Lipinski definition) is 1. The van der Waals surface area contributed by atoms with Crippen molar-refractivity contribution in [2.24, 2.45) is 5.92 Å². The lowest BCUT2D eigenvalue weighted by molar-refractivity contribution is 0.247. The number of halogens is 1. The van der Waals surface area contributed by atoms with Crippen LogP contribution in [-0.2, 0) is 0 Å². The van der Waals surface area contributed by atoms with Gasteiger partial charge >= 0.3 is 0 Å². The summed E-state index contributed by atoms with van der Waals surface area (Å²) in [6.45, 7) is 6.86. The summed E-state index contributed by atoms with van der Waals surface area (Å²) in [5, 5.41) is 0. The zero-order valence-electron chi connectivity index (χ0n) is 11.5. The molecule has 0 aliphatic carbocycles. The molecule has 0 N–H and O–H groups in total. The fraction of sp³-hybridized carbons (Fsp3) is 0.625. The van der Waals surface area contributed by atoms with Gasteiger partial charge in [0, 0.05) is 6.04 Å². The van der Waals surface area contributed by atoms with Gasteiger partial charge in [-0.25, -0.2) is 4.39 Å². The molecule has 1 aromatic carbocycles. The monoisotopic (exact) mass is 249 g/mol. The molecule has 1 atom stereocenters. The molecule has 1 aliphatic heterocycles. The van der Waals surface area contributed by atoms with Crippen LogP contribution in [0.5, 0.6) is 0 Å². The smallest absolute Gasteiger partial charge is 0.123 e. The second-order valence-electron chi connectivity index (χ2n) is 5.79. The van der Waals surface area contributed by atoms with Gasteiger partial charge < -0.3 is 0 Å². The van der Waals surface area contributed by atoms with Crippen molar-refractivity contribution in [1.82, 2.24) is 4.90 Å². The molecule has 1 aromatic rings. The molecule has 0 radical (unpaired) electrons. The zero-order chi connectivity index (χ0) is 13.0. The molecule has 2 heteroatoms. The van der Waals surface area contributed by atoms with Crippen LogP contribution < -0.4 is 0 Å². The molecule has 1 unspecified atom stereocenters. The van der Waals surface area contributed by atoms with Crippen molar-refractivity contribution in [3.63, 3.8) is 0 Å². The van der Waals surface area contributed by atoms with Gasteiger partial charge in [-0.3, -0.25) is 4.90 Å². The van der Waals surface area contributed by atoms with Crippen molar-refractivity contribution in [3.05, 3.63) is 35.6 Å². The Labute approximate surface area is 110 Å². The zero-order valence-corrected chi connectivity index (χ0v) is 11.5. The average Bonchev–Trinajstić information content (AvgIpc) is 2.77. The first-order valence-corrected chi connectivity index (χ1v) is 7.16. The number of rotatable bonds is 5. The van der Waals surface area contributed by atoms with E-state index in [-0.39, 0.29) is 5.82 Å². The molecule has 1 saturated heterocycles. The Bertz CT molecular complexity index is 375. The predicted octanol–water partition coefficient (Wildman–Crippen LogP) is 4.40. The third-order valence-electron chi connectivity index (χ3n) is 3.82. The van der Waals surface area contributed by atoms with Crippen LogP contribution in [0, 0.1) is 11.7 Å². The highest BCUT2D eigenvalue weighted by Crippen LogP contribution is 2.32. The first-order chi connectivity index (χ1) is 8.66. The standard InChI is InChI=1S/C16H24FN/c1-13(2)6-4-10-18-11-5-9-16(18)14-7-3-8-15(17)12-14/h3,7-8,12-13,16H,4-6,9-11H2,1-2H3. The van der Waals surface area contributed by atoms with Crippen LogP contribution >= 0.6 is 0 Å². The highest BCUT2D eigenvalue weighted by molar-refractivity contribution is 5.21. The summed E-state index contributed by atoms with van der Waals surface area (Å²) >= 11 is 0. The van der Waals surface area contributed by atoms with E-state index in [1.54, 1.807) is 6.07 Å². The van der Waals surface area contributed by atoms with E-state index in [9.17, 15) is 4.39 Å². The molecule has 0 spiro atoms. The Balaban J connectivity index is 1.95. The van der Waals surface area contributed by atoms with E-state index >= 15 is 0 Å². The maximum Gasteiger partial charge on any atom is 0.123 e. The molecule has 1 nitrogen and oxygen atoms in total. The van der Waals surface area contributed by atoms with Crippen molar-refractivity contribution in [1.29, 1.82) is 0 Å². The van der Waals surface area contributed by atoms with Crippen molar-refractivity contribution in [2.75, 3.05) is 13.1 Å². The molecule has 0 amide bonds.